The van der Waals surface area contributed by atoms with Crippen LogP contribution in [-0.4, -0.2) is 60.0 Å². The molecule has 0 aromatic carbocycles. The Balaban J connectivity index is 2.52. The highest BCUT2D eigenvalue weighted by molar-refractivity contribution is 5.92. The molecule has 0 aliphatic carbocycles. The van der Waals surface area contributed by atoms with Gasteiger partial charge in [0.25, 0.3) is 5.91 Å². The molecule has 134 valence electrons. The lowest BCUT2D eigenvalue weighted by Gasteiger charge is -2.22. The Morgan fingerprint density at radius 2 is 2.08 bits per heavy atom. The molecule has 1 aromatic rings. The maximum atomic E-state index is 12.5. The van der Waals surface area contributed by atoms with E-state index < -0.39 is 0 Å². The number of aromatic nitrogens is 2. The third-order valence-electron chi connectivity index (χ3n) is 3.50. The molecule has 0 aliphatic heterocycles. The summed E-state index contributed by atoms with van der Waals surface area (Å²) >= 11 is 0. The number of nitrogens with zero attached hydrogens (tertiary/aromatic N) is 3. The van der Waals surface area contributed by atoms with Gasteiger partial charge in [-0.05, 0) is 18.8 Å². The zero-order valence-corrected chi connectivity index (χ0v) is 14.8. The van der Waals surface area contributed by atoms with Crippen molar-refractivity contribution in [2.75, 3.05) is 33.4 Å². The molecule has 7 nitrogen and oxygen atoms in total. The fraction of sp³-hybridized carbons (Fsp3) is 0.647. The SMILES string of the molecule is COCCCN(CCC(=O)NCCC(C)C)C(=O)c1cnccn1. The molecule has 7 heteroatoms. The zero-order chi connectivity index (χ0) is 17.8. The lowest BCUT2D eigenvalue weighted by atomic mass is 10.1. The minimum Gasteiger partial charge on any atom is -0.385 e. The summed E-state index contributed by atoms with van der Waals surface area (Å²) < 4.78 is 5.03. The molecular weight excluding hydrogens is 308 g/mol. The largest absolute Gasteiger partial charge is 0.385 e. The van der Waals surface area contributed by atoms with Crippen molar-refractivity contribution >= 4 is 11.8 Å². The Hall–Kier alpha value is -2.02. The Morgan fingerprint density at radius 3 is 2.71 bits per heavy atom. The lowest BCUT2D eigenvalue weighted by Crippen LogP contribution is -2.37. The van der Waals surface area contributed by atoms with Gasteiger partial charge in [0.15, 0.2) is 0 Å². The molecule has 0 radical (unpaired) electrons. The van der Waals surface area contributed by atoms with Gasteiger partial charge in [-0.3, -0.25) is 14.6 Å². The summed E-state index contributed by atoms with van der Waals surface area (Å²) in [6.45, 7) is 6.32. The standard InChI is InChI=1S/C17H28N4O3/c1-14(2)5-7-20-16(22)6-11-21(10-4-12-24-3)17(23)15-13-18-8-9-19-15/h8-9,13-14H,4-7,10-12H2,1-3H3,(H,20,22). The van der Waals surface area contributed by atoms with Crippen LogP contribution in [0.2, 0.25) is 0 Å². The number of carbonyl (C=O) groups excluding carboxylic acids is 2. The second-order valence-electron chi connectivity index (χ2n) is 6.01. The van der Waals surface area contributed by atoms with E-state index in [0.717, 1.165) is 6.42 Å². The molecule has 2 amide bonds. The highest BCUT2D eigenvalue weighted by atomic mass is 16.5. The smallest absolute Gasteiger partial charge is 0.274 e. The van der Waals surface area contributed by atoms with E-state index in [0.29, 0.717) is 38.6 Å². The van der Waals surface area contributed by atoms with E-state index in [1.54, 1.807) is 12.0 Å². The van der Waals surface area contributed by atoms with Crippen LogP contribution in [0.1, 0.15) is 43.6 Å². The van der Waals surface area contributed by atoms with Gasteiger partial charge >= 0.3 is 0 Å². The van der Waals surface area contributed by atoms with E-state index in [4.69, 9.17) is 4.74 Å². The molecule has 0 unspecified atom stereocenters. The molecule has 1 aromatic heterocycles. The first-order valence-electron chi connectivity index (χ1n) is 8.35. The van der Waals surface area contributed by atoms with Crippen LogP contribution in [-0.2, 0) is 9.53 Å². The topological polar surface area (TPSA) is 84.4 Å². The van der Waals surface area contributed by atoms with Gasteiger partial charge in [0.2, 0.25) is 5.91 Å². The van der Waals surface area contributed by atoms with E-state index in [2.05, 4.69) is 29.1 Å². The fourth-order valence-corrected chi connectivity index (χ4v) is 2.11. The third-order valence-corrected chi connectivity index (χ3v) is 3.50. The number of rotatable bonds is 11. The van der Waals surface area contributed by atoms with Gasteiger partial charge < -0.3 is 15.0 Å². The normalized spacial score (nSPS) is 10.7. The number of hydrogen-bond acceptors (Lipinski definition) is 5. The summed E-state index contributed by atoms with van der Waals surface area (Å²) in [4.78, 5) is 34.0. The predicted molar refractivity (Wildman–Crippen MR) is 91.5 cm³/mol. The monoisotopic (exact) mass is 336 g/mol. The van der Waals surface area contributed by atoms with Crippen LogP contribution < -0.4 is 5.32 Å². The third kappa shape index (κ3) is 8.01. The van der Waals surface area contributed by atoms with E-state index in [-0.39, 0.29) is 23.9 Å². The van der Waals surface area contributed by atoms with Crippen LogP contribution in [0, 0.1) is 5.92 Å². The van der Waals surface area contributed by atoms with Crippen LogP contribution >= 0.6 is 0 Å². The van der Waals surface area contributed by atoms with Gasteiger partial charge in [0.1, 0.15) is 5.69 Å². The van der Waals surface area contributed by atoms with Crippen molar-refractivity contribution in [1.29, 1.82) is 0 Å². The maximum Gasteiger partial charge on any atom is 0.274 e. The number of nitrogens with one attached hydrogen (secondary N) is 1. The summed E-state index contributed by atoms with van der Waals surface area (Å²) in [5.41, 5.74) is 0.287. The number of ether oxygens (including phenoxy) is 1. The van der Waals surface area contributed by atoms with E-state index in [1.165, 1.54) is 18.6 Å². The zero-order valence-electron chi connectivity index (χ0n) is 14.8. The van der Waals surface area contributed by atoms with Crippen LogP contribution in [0.15, 0.2) is 18.6 Å². The van der Waals surface area contributed by atoms with Gasteiger partial charge in [-0.2, -0.15) is 0 Å². The molecule has 1 heterocycles. The molecule has 1 rings (SSSR count). The van der Waals surface area contributed by atoms with Crippen molar-refractivity contribution in [2.45, 2.75) is 33.1 Å². The maximum absolute atomic E-state index is 12.5. The summed E-state index contributed by atoms with van der Waals surface area (Å²) in [7, 11) is 1.62. The van der Waals surface area contributed by atoms with Crippen molar-refractivity contribution in [3.05, 3.63) is 24.3 Å². The summed E-state index contributed by atoms with van der Waals surface area (Å²) in [5.74, 6) is 0.294. The number of amides is 2. The molecule has 1 N–H and O–H groups in total. The molecule has 0 bridgehead atoms. The number of methoxy groups -OCH3 is 1. The Labute approximate surface area is 143 Å². The first-order chi connectivity index (χ1) is 11.5. The molecule has 0 fully saturated rings. The van der Waals surface area contributed by atoms with Crippen LogP contribution in [0.25, 0.3) is 0 Å². The van der Waals surface area contributed by atoms with Gasteiger partial charge in [0.05, 0.1) is 6.20 Å². The number of hydrogen-bond donors (Lipinski definition) is 1. The molecular formula is C17H28N4O3. The second kappa shape index (κ2) is 11.5. The van der Waals surface area contributed by atoms with Crippen molar-refractivity contribution in [3.63, 3.8) is 0 Å². The molecule has 0 spiro atoms. The van der Waals surface area contributed by atoms with Gasteiger partial charge in [-0.25, -0.2) is 4.98 Å². The molecule has 0 aliphatic rings. The minimum atomic E-state index is -0.214. The minimum absolute atomic E-state index is 0.0423. The summed E-state index contributed by atoms with van der Waals surface area (Å²) in [6.07, 6.45) is 6.37. The summed E-state index contributed by atoms with van der Waals surface area (Å²) in [6, 6.07) is 0. The van der Waals surface area contributed by atoms with Gasteiger partial charge in [-0.15, -0.1) is 0 Å². The van der Waals surface area contributed by atoms with E-state index in [9.17, 15) is 9.59 Å². The van der Waals surface area contributed by atoms with Crippen LogP contribution in [0.3, 0.4) is 0 Å². The second-order valence-corrected chi connectivity index (χ2v) is 6.01. The number of carbonyl (C=O) groups is 2. The predicted octanol–water partition coefficient (Wildman–Crippen LogP) is 1.51. The molecule has 0 saturated heterocycles. The molecule has 0 saturated carbocycles. The average molecular weight is 336 g/mol. The highest BCUT2D eigenvalue weighted by Gasteiger charge is 2.18. The van der Waals surface area contributed by atoms with Gasteiger partial charge in [0, 0.05) is 52.2 Å². The summed E-state index contributed by atoms with van der Waals surface area (Å²) in [5, 5.41) is 2.89. The Morgan fingerprint density at radius 1 is 1.29 bits per heavy atom. The van der Waals surface area contributed by atoms with Gasteiger partial charge in [-0.1, -0.05) is 13.8 Å². The lowest BCUT2D eigenvalue weighted by molar-refractivity contribution is -0.121. The van der Waals surface area contributed by atoms with Crippen molar-refractivity contribution in [3.8, 4) is 0 Å². The van der Waals surface area contributed by atoms with Crippen LogP contribution in [0.5, 0.6) is 0 Å². The quantitative estimate of drug-likeness (QED) is 0.619. The first kappa shape index (κ1) is 20.0. The Bertz CT molecular complexity index is 494. The first-order valence-corrected chi connectivity index (χ1v) is 8.35. The van der Waals surface area contributed by atoms with Crippen molar-refractivity contribution in [2.24, 2.45) is 5.92 Å². The van der Waals surface area contributed by atoms with E-state index in [1.807, 2.05) is 0 Å². The highest BCUT2D eigenvalue weighted by Crippen LogP contribution is 2.04. The Kier molecular flexibility index (Phi) is 9.60. The molecule has 0 atom stereocenters. The molecule has 24 heavy (non-hydrogen) atoms. The van der Waals surface area contributed by atoms with Crippen molar-refractivity contribution in [1.82, 2.24) is 20.2 Å². The average Bonchev–Trinajstić information content (AvgIpc) is 2.58. The van der Waals surface area contributed by atoms with E-state index >= 15 is 0 Å². The van der Waals surface area contributed by atoms with Crippen molar-refractivity contribution < 1.29 is 14.3 Å². The van der Waals surface area contributed by atoms with Crippen LogP contribution in [0.4, 0.5) is 0 Å². The fourth-order valence-electron chi connectivity index (χ4n) is 2.11.